The van der Waals surface area contributed by atoms with Crippen LogP contribution in [-0.2, 0) is 74.4 Å². The minimum Gasteiger partial charge on any atom is -0.489 e. The van der Waals surface area contributed by atoms with Gasteiger partial charge in [-0.25, -0.2) is 14.4 Å². The first-order chi connectivity index (χ1) is 36.7. The first kappa shape index (κ1) is 52.2. The number of nitrogens with one attached hydrogen (secondary N) is 4. The number of carbonyl (C=O) groups is 5. The second kappa shape index (κ2) is 27.1. The fourth-order valence-corrected chi connectivity index (χ4v) is 8.19. The zero-order chi connectivity index (χ0) is 52.0. The quantitative estimate of drug-likeness (QED) is 0.0364. The molecule has 0 saturated carbocycles. The van der Waals surface area contributed by atoms with Crippen LogP contribution in [0.15, 0.2) is 188 Å². The summed E-state index contributed by atoms with van der Waals surface area (Å²) in [4.78, 5) is 69.5. The second-order valence-corrected chi connectivity index (χ2v) is 17.7. The van der Waals surface area contributed by atoms with Gasteiger partial charge in [-0.15, -0.1) is 0 Å². The number of hydrogen-bond acceptors (Lipinski definition) is 11. The van der Waals surface area contributed by atoms with Crippen molar-refractivity contribution in [2.45, 2.75) is 77.0 Å². The van der Waals surface area contributed by atoms with Gasteiger partial charge in [0, 0.05) is 24.9 Å². The summed E-state index contributed by atoms with van der Waals surface area (Å²) in [6.45, 7) is 0.364. The maximum absolute atomic E-state index is 14.8. The molecule has 0 fully saturated rings. The van der Waals surface area contributed by atoms with Gasteiger partial charge in [-0.1, -0.05) is 164 Å². The van der Waals surface area contributed by atoms with Crippen molar-refractivity contribution in [1.29, 1.82) is 0 Å². The highest BCUT2D eigenvalue weighted by molar-refractivity contribution is 5.92. The fraction of sp³-hybridized carbons (Fsp3) is 0.217. The number of amides is 4. The number of fused-ring (bicyclic) bond motifs is 5. The van der Waals surface area contributed by atoms with Crippen LogP contribution in [0.2, 0.25) is 0 Å². The molecule has 15 heteroatoms. The molecule has 1 aliphatic rings. The van der Waals surface area contributed by atoms with E-state index in [-0.39, 0.29) is 65.3 Å². The van der Waals surface area contributed by atoms with Crippen LogP contribution in [0.1, 0.15) is 51.8 Å². The Labute approximate surface area is 435 Å². The lowest BCUT2D eigenvalue weighted by molar-refractivity contribution is -0.132. The molecule has 0 aliphatic carbocycles. The van der Waals surface area contributed by atoms with E-state index >= 15 is 0 Å². The maximum atomic E-state index is 14.8. The summed E-state index contributed by atoms with van der Waals surface area (Å²) >= 11 is 0. The highest BCUT2D eigenvalue weighted by atomic mass is 16.7. The van der Waals surface area contributed by atoms with Crippen molar-refractivity contribution in [2.24, 2.45) is 0 Å². The number of benzene rings is 7. The van der Waals surface area contributed by atoms with E-state index in [1.54, 1.807) is 24.3 Å². The van der Waals surface area contributed by atoms with Gasteiger partial charge in [-0.2, -0.15) is 0 Å². The molecule has 1 aliphatic heterocycles. The van der Waals surface area contributed by atoms with E-state index in [1.165, 1.54) is 0 Å². The lowest BCUT2D eigenvalue weighted by Gasteiger charge is -2.26. The summed E-state index contributed by atoms with van der Waals surface area (Å²) in [7, 11) is 0. The van der Waals surface area contributed by atoms with Gasteiger partial charge in [-0.05, 0) is 81.6 Å². The third-order valence-corrected chi connectivity index (χ3v) is 12.1. The SMILES string of the molecule is O=C(NCCC[C@@H]1NC(=O)[C@@H](NC(=O)OCc2ccccc2)Cc2cc(ccc2OCc2ccccc2)-c2ccc(OCc3ccccc3)c(c2)C[C@H](OC(=O)OCc2ccccc2)NC1=O)OCc1ccccc1. The first-order valence-electron chi connectivity index (χ1n) is 24.7. The summed E-state index contributed by atoms with van der Waals surface area (Å²) < 4.78 is 35.3. The molecule has 4 amide bonds. The lowest BCUT2D eigenvalue weighted by Crippen LogP contribution is -2.56. The van der Waals surface area contributed by atoms with Crippen LogP contribution in [-0.4, -0.2) is 55.0 Å². The number of alkyl carbamates (subject to hydrolysis) is 2. The molecule has 15 nitrogen and oxygen atoms in total. The average Bonchev–Trinajstić information content (AvgIpc) is 3.44. The molecule has 4 N–H and O–H groups in total. The standard InChI is InChI=1S/C60H58N4O11/c65-56-51(27-16-32-61-58(67)72-39-44-21-10-3-11-22-44)62-57(66)52(63-59(68)73-40-45-23-12-4-13-24-45)35-49-33-47(28-30-53(49)70-37-42-17-6-1-7-18-42)48-29-31-54(71-38-43-19-8-2-9-20-43)50(34-48)36-55(64-56)75-60(69)74-41-46-25-14-5-15-26-46/h1-15,17-26,28-31,33-34,51-52,55H,16,27,32,35-41H2,(H,61,67)(H,62,66)(H,63,68)(H,64,65)/t51-,52-,55-/m0/s1. The Morgan fingerprint density at radius 1 is 0.480 bits per heavy atom. The van der Waals surface area contributed by atoms with Gasteiger partial charge in [0.1, 0.15) is 56.6 Å². The molecule has 384 valence electrons. The van der Waals surface area contributed by atoms with Crippen LogP contribution in [0, 0.1) is 0 Å². The molecule has 0 unspecified atom stereocenters. The topological polar surface area (TPSA) is 189 Å². The van der Waals surface area contributed by atoms with Gasteiger partial charge in [0.15, 0.2) is 6.23 Å². The van der Waals surface area contributed by atoms with Crippen molar-refractivity contribution in [2.75, 3.05) is 6.54 Å². The van der Waals surface area contributed by atoms with Crippen LogP contribution in [0.4, 0.5) is 14.4 Å². The number of rotatable bonds is 18. The zero-order valence-corrected chi connectivity index (χ0v) is 41.2. The molecule has 4 bridgehead atoms. The molecule has 0 aromatic heterocycles. The summed E-state index contributed by atoms with van der Waals surface area (Å²) in [5.41, 5.74) is 6.66. The summed E-state index contributed by atoms with van der Waals surface area (Å²) in [6, 6.07) is 55.2. The van der Waals surface area contributed by atoms with Crippen molar-refractivity contribution in [3.8, 4) is 22.6 Å². The molecular weight excluding hydrogens is 953 g/mol. The molecular formula is C60H58N4O11. The molecule has 75 heavy (non-hydrogen) atoms. The molecule has 0 saturated heterocycles. The third kappa shape index (κ3) is 16.5. The molecule has 1 heterocycles. The number of ether oxygens (including phenoxy) is 6. The molecule has 7 aromatic rings. The van der Waals surface area contributed by atoms with E-state index in [1.807, 2.05) is 164 Å². The smallest absolute Gasteiger partial charge is 0.489 e. The van der Waals surface area contributed by atoms with E-state index < -0.39 is 48.5 Å². The van der Waals surface area contributed by atoms with Gasteiger partial charge in [0.2, 0.25) is 11.8 Å². The molecule has 7 aromatic carbocycles. The minimum atomic E-state index is -1.36. The second-order valence-electron chi connectivity index (χ2n) is 17.7. The molecule has 0 spiro atoms. The molecule has 3 atom stereocenters. The predicted octanol–water partition coefficient (Wildman–Crippen LogP) is 9.89. The Balaban J connectivity index is 1.14. The lowest BCUT2D eigenvalue weighted by atomic mass is 9.96. The zero-order valence-electron chi connectivity index (χ0n) is 41.2. The van der Waals surface area contributed by atoms with E-state index in [2.05, 4.69) is 21.3 Å². The van der Waals surface area contributed by atoms with Gasteiger partial charge < -0.3 is 49.7 Å². The summed E-state index contributed by atoms with van der Waals surface area (Å²) in [5.74, 6) is -0.544. The predicted molar refractivity (Wildman–Crippen MR) is 280 cm³/mol. The Morgan fingerprint density at radius 2 is 0.920 bits per heavy atom. The first-order valence-corrected chi connectivity index (χ1v) is 24.7. The summed E-state index contributed by atoms with van der Waals surface area (Å²) in [5, 5.41) is 11.2. The van der Waals surface area contributed by atoms with Crippen LogP contribution in [0.3, 0.4) is 0 Å². The minimum absolute atomic E-state index is 0.0191. The van der Waals surface area contributed by atoms with Crippen LogP contribution in [0.5, 0.6) is 11.5 Å². The van der Waals surface area contributed by atoms with Crippen LogP contribution in [0.25, 0.3) is 11.1 Å². The van der Waals surface area contributed by atoms with Crippen molar-refractivity contribution >= 4 is 30.2 Å². The Bertz CT molecular complexity index is 2970. The average molecular weight is 1010 g/mol. The van der Waals surface area contributed by atoms with E-state index in [4.69, 9.17) is 28.4 Å². The largest absolute Gasteiger partial charge is 0.510 e. The normalized spacial score (nSPS) is 15.3. The van der Waals surface area contributed by atoms with Crippen LogP contribution >= 0.6 is 0 Å². The summed E-state index contributed by atoms with van der Waals surface area (Å²) in [6.07, 6.45) is -4.00. The third-order valence-electron chi connectivity index (χ3n) is 12.1. The molecule has 0 radical (unpaired) electrons. The van der Waals surface area contributed by atoms with Crippen molar-refractivity contribution in [3.63, 3.8) is 0 Å². The van der Waals surface area contributed by atoms with Gasteiger partial charge in [0.05, 0.1) is 0 Å². The fourth-order valence-electron chi connectivity index (χ4n) is 8.19. The Hall–Kier alpha value is -9.11. The number of hydrogen-bond donors (Lipinski definition) is 4. The highest BCUT2D eigenvalue weighted by Crippen LogP contribution is 2.33. The van der Waals surface area contributed by atoms with E-state index in [0.29, 0.717) is 28.2 Å². The van der Waals surface area contributed by atoms with E-state index in [9.17, 15) is 24.0 Å². The van der Waals surface area contributed by atoms with Crippen molar-refractivity contribution in [3.05, 3.63) is 227 Å². The Morgan fingerprint density at radius 3 is 1.41 bits per heavy atom. The van der Waals surface area contributed by atoms with Crippen molar-refractivity contribution in [1.82, 2.24) is 21.3 Å². The number of carbonyl (C=O) groups excluding carboxylic acids is 5. The van der Waals surface area contributed by atoms with E-state index in [0.717, 1.165) is 33.4 Å². The Kier molecular flexibility index (Phi) is 18.9. The van der Waals surface area contributed by atoms with Gasteiger partial charge in [0.25, 0.3) is 0 Å². The molecule has 8 rings (SSSR count). The monoisotopic (exact) mass is 1010 g/mol. The van der Waals surface area contributed by atoms with Gasteiger partial charge in [-0.3, -0.25) is 9.59 Å². The van der Waals surface area contributed by atoms with Crippen molar-refractivity contribution < 1.29 is 52.4 Å². The highest BCUT2D eigenvalue weighted by Gasteiger charge is 2.31. The van der Waals surface area contributed by atoms with Gasteiger partial charge >= 0.3 is 18.3 Å². The maximum Gasteiger partial charge on any atom is 0.510 e. The van der Waals surface area contributed by atoms with Crippen LogP contribution < -0.4 is 30.7 Å².